The molecule has 4 nitrogen and oxygen atoms in total. The Hall–Kier alpha value is -1.81. The van der Waals surface area contributed by atoms with Crippen molar-refractivity contribution in [2.75, 3.05) is 7.11 Å². The first kappa shape index (κ1) is 14.6. The first-order valence-electron chi connectivity index (χ1n) is 7.12. The molecule has 0 saturated heterocycles. The van der Waals surface area contributed by atoms with Crippen molar-refractivity contribution in [3.05, 3.63) is 47.8 Å². The van der Waals surface area contributed by atoms with Crippen molar-refractivity contribution in [1.82, 2.24) is 15.1 Å². The van der Waals surface area contributed by atoms with Crippen LogP contribution in [-0.4, -0.2) is 16.9 Å². The molecule has 108 valence electrons. The van der Waals surface area contributed by atoms with E-state index in [1.165, 1.54) is 11.3 Å². The van der Waals surface area contributed by atoms with E-state index in [1.807, 2.05) is 18.3 Å². The van der Waals surface area contributed by atoms with Crippen molar-refractivity contribution in [2.24, 2.45) is 0 Å². The van der Waals surface area contributed by atoms with E-state index in [9.17, 15) is 0 Å². The van der Waals surface area contributed by atoms with E-state index in [-0.39, 0.29) is 0 Å². The number of nitrogens with zero attached hydrogens (tertiary/aromatic N) is 2. The molecule has 1 heterocycles. The predicted octanol–water partition coefficient (Wildman–Crippen LogP) is 3.15. The first-order chi connectivity index (χ1) is 9.74. The van der Waals surface area contributed by atoms with Crippen LogP contribution in [0.2, 0.25) is 0 Å². The number of rotatable bonds is 7. The molecule has 0 amide bonds. The van der Waals surface area contributed by atoms with Gasteiger partial charge in [-0.2, -0.15) is 5.10 Å². The van der Waals surface area contributed by atoms with Gasteiger partial charge in [-0.05, 0) is 37.1 Å². The van der Waals surface area contributed by atoms with Crippen molar-refractivity contribution in [3.8, 4) is 5.75 Å². The minimum atomic E-state index is 0.297. The number of aryl methyl sites for hydroxylation is 1. The molecule has 4 heteroatoms. The van der Waals surface area contributed by atoms with Gasteiger partial charge < -0.3 is 10.1 Å². The van der Waals surface area contributed by atoms with Crippen LogP contribution in [0.5, 0.6) is 5.75 Å². The molecule has 2 rings (SSSR count). The van der Waals surface area contributed by atoms with Gasteiger partial charge in [-0.3, -0.25) is 4.68 Å². The number of benzene rings is 1. The summed E-state index contributed by atoms with van der Waals surface area (Å²) in [6.45, 7) is 6.13. The average Bonchev–Trinajstić information content (AvgIpc) is 2.92. The zero-order valence-electron chi connectivity index (χ0n) is 12.5. The lowest BCUT2D eigenvalue weighted by Gasteiger charge is -2.15. The highest BCUT2D eigenvalue weighted by molar-refractivity contribution is 5.28. The number of nitrogens with one attached hydrogen (secondary N) is 1. The lowest BCUT2D eigenvalue weighted by Crippen LogP contribution is -2.20. The van der Waals surface area contributed by atoms with Crippen molar-refractivity contribution in [2.45, 2.75) is 39.4 Å². The van der Waals surface area contributed by atoms with Gasteiger partial charge in [0.2, 0.25) is 0 Å². The van der Waals surface area contributed by atoms with E-state index in [0.717, 1.165) is 25.3 Å². The van der Waals surface area contributed by atoms with Gasteiger partial charge in [0, 0.05) is 25.3 Å². The molecule has 0 aliphatic rings. The largest absolute Gasteiger partial charge is 0.497 e. The molecule has 0 radical (unpaired) electrons. The standard InChI is InChI=1S/C16H23N3O/c1-4-11-19-15(9-10-18-19)12-17-13(2)14-5-7-16(20-3)8-6-14/h5-10,13,17H,4,11-12H2,1-3H3/t13-/m0/s1. The highest BCUT2D eigenvalue weighted by Crippen LogP contribution is 2.17. The van der Waals surface area contributed by atoms with E-state index < -0.39 is 0 Å². The molecule has 0 aliphatic heterocycles. The summed E-state index contributed by atoms with van der Waals surface area (Å²) in [6, 6.07) is 10.6. The molecule has 0 saturated carbocycles. The summed E-state index contributed by atoms with van der Waals surface area (Å²) >= 11 is 0. The monoisotopic (exact) mass is 273 g/mol. The molecule has 0 fully saturated rings. The first-order valence-corrected chi connectivity index (χ1v) is 7.12. The number of aromatic nitrogens is 2. The summed E-state index contributed by atoms with van der Waals surface area (Å²) in [7, 11) is 1.69. The van der Waals surface area contributed by atoms with Crippen LogP contribution in [0, 0.1) is 0 Å². The van der Waals surface area contributed by atoms with Crippen LogP contribution in [0.15, 0.2) is 36.5 Å². The zero-order chi connectivity index (χ0) is 14.4. The average molecular weight is 273 g/mol. The number of hydrogen-bond donors (Lipinski definition) is 1. The van der Waals surface area contributed by atoms with Crippen LogP contribution < -0.4 is 10.1 Å². The van der Waals surface area contributed by atoms with E-state index in [2.05, 4.69) is 47.1 Å². The van der Waals surface area contributed by atoms with Gasteiger partial charge >= 0.3 is 0 Å². The summed E-state index contributed by atoms with van der Waals surface area (Å²) in [5.41, 5.74) is 2.49. The lowest BCUT2D eigenvalue weighted by atomic mass is 10.1. The van der Waals surface area contributed by atoms with Crippen LogP contribution in [0.25, 0.3) is 0 Å². The summed E-state index contributed by atoms with van der Waals surface area (Å²) in [6.07, 6.45) is 2.97. The Morgan fingerprint density at radius 3 is 2.65 bits per heavy atom. The Bertz CT molecular complexity index is 519. The lowest BCUT2D eigenvalue weighted by molar-refractivity contribution is 0.414. The summed E-state index contributed by atoms with van der Waals surface area (Å²) < 4.78 is 7.24. The second kappa shape index (κ2) is 7.10. The number of methoxy groups -OCH3 is 1. The van der Waals surface area contributed by atoms with Gasteiger partial charge in [0.25, 0.3) is 0 Å². The molecule has 0 bridgehead atoms. The second-order valence-electron chi connectivity index (χ2n) is 4.92. The summed E-state index contributed by atoms with van der Waals surface area (Å²) in [5.74, 6) is 0.891. The topological polar surface area (TPSA) is 39.1 Å². The molecule has 0 spiro atoms. The van der Waals surface area contributed by atoms with Crippen LogP contribution in [0.3, 0.4) is 0 Å². The number of ether oxygens (including phenoxy) is 1. The molecular formula is C16H23N3O. The summed E-state index contributed by atoms with van der Waals surface area (Å²) in [4.78, 5) is 0. The van der Waals surface area contributed by atoms with Gasteiger partial charge in [0.1, 0.15) is 5.75 Å². The molecular weight excluding hydrogens is 250 g/mol. The third-order valence-corrected chi connectivity index (χ3v) is 3.45. The highest BCUT2D eigenvalue weighted by atomic mass is 16.5. The van der Waals surface area contributed by atoms with Crippen molar-refractivity contribution in [3.63, 3.8) is 0 Å². The maximum Gasteiger partial charge on any atom is 0.118 e. The Balaban J connectivity index is 1.93. The second-order valence-corrected chi connectivity index (χ2v) is 4.92. The van der Waals surface area contributed by atoms with Gasteiger partial charge in [-0.1, -0.05) is 19.1 Å². The van der Waals surface area contributed by atoms with Gasteiger partial charge in [0.15, 0.2) is 0 Å². The van der Waals surface area contributed by atoms with Crippen LogP contribution in [0.4, 0.5) is 0 Å². The van der Waals surface area contributed by atoms with Crippen molar-refractivity contribution in [1.29, 1.82) is 0 Å². The zero-order valence-corrected chi connectivity index (χ0v) is 12.5. The Kier molecular flexibility index (Phi) is 5.18. The molecule has 1 aromatic carbocycles. The minimum absolute atomic E-state index is 0.297. The van der Waals surface area contributed by atoms with E-state index in [0.29, 0.717) is 6.04 Å². The van der Waals surface area contributed by atoms with Crippen LogP contribution >= 0.6 is 0 Å². The fraction of sp³-hybridized carbons (Fsp3) is 0.438. The van der Waals surface area contributed by atoms with Gasteiger partial charge in [-0.15, -0.1) is 0 Å². The normalized spacial score (nSPS) is 12.3. The third kappa shape index (κ3) is 3.61. The van der Waals surface area contributed by atoms with E-state index in [1.54, 1.807) is 7.11 Å². The Labute approximate surface area is 120 Å². The molecule has 20 heavy (non-hydrogen) atoms. The Morgan fingerprint density at radius 2 is 2.00 bits per heavy atom. The fourth-order valence-corrected chi connectivity index (χ4v) is 2.19. The molecule has 0 unspecified atom stereocenters. The van der Waals surface area contributed by atoms with E-state index >= 15 is 0 Å². The third-order valence-electron chi connectivity index (χ3n) is 3.45. The fourth-order valence-electron chi connectivity index (χ4n) is 2.19. The van der Waals surface area contributed by atoms with Gasteiger partial charge in [0.05, 0.1) is 12.8 Å². The van der Waals surface area contributed by atoms with Crippen molar-refractivity contribution >= 4 is 0 Å². The quantitative estimate of drug-likeness (QED) is 0.842. The smallest absolute Gasteiger partial charge is 0.118 e. The van der Waals surface area contributed by atoms with Gasteiger partial charge in [-0.25, -0.2) is 0 Å². The molecule has 1 aromatic heterocycles. The SMILES string of the molecule is CCCn1nccc1CN[C@@H](C)c1ccc(OC)cc1. The van der Waals surface area contributed by atoms with E-state index in [4.69, 9.17) is 4.74 Å². The number of hydrogen-bond acceptors (Lipinski definition) is 3. The molecule has 1 N–H and O–H groups in total. The summed E-state index contributed by atoms with van der Waals surface area (Å²) in [5, 5.41) is 7.88. The molecule has 2 aromatic rings. The van der Waals surface area contributed by atoms with Crippen LogP contribution in [0.1, 0.15) is 37.6 Å². The minimum Gasteiger partial charge on any atom is -0.497 e. The Morgan fingerprint density at radius 1 is 1.25 bits per heavy atom. The maximum atomic E-state index is 5.18. The molecule has 1 atom stereocenters. The highest BCUT2D eigenvalue weighted by Gasteiger charge is 2.07. The van der Waals surface area contributed by atoms with Crippen LogP contribution in [-0.2, 0) is 13.1 Å². The predicted molar refractivity (Wildman–Crippen MR) is 80.8 cm³/mol. The molecule has 0 aliphatic carbocycles. The van der Waals surface area contributed by atoms with Crippen molar-refractivity contribution < 1.29 is 4.74 Å². The maximum absolute atomic E-state index is 5.18.